The number of rotatable bonds is 6. The van der Waals surface area contributed by atoms with Gasteiger partial charge in [0.2, 0.25) is 0 Å². The zero-order valence-corrected chi connectivity index (χ0v) is 13.7. The Labute approximate surface area is 144 Å². The summed E-state index contributed by atoms with van der Waals surface area (Å²) in [5, 5.41) is 6.04. The number of benzene rings is 2. The second-order valence-electron chi connectivity index (χ2n) is 5.29. The van der Waals surface area contributed by atoms with Crippen molar-refractivity contribution in [2.45, 2.75) is 6.54 Å². The first-order chi connectivity index (χ1) is 12.2. The molecule has 6 nitrogen and oxygen atoms in total. The molecule has 0 unspecified atom stereocenters. The van der Waals surface area contributed by atoms with Crippen LogP contribution in [0.1, 0.15) is 5.56 Å². The van der Waals surface area contributed by atoms with Crippen LogP contribution < -0.4 is 21.1 Å². The minimum Gasteiger partial charge on any atom is -0.497 e. The number of nitrogens with two attached hydrogens (primary N) is 1. The Kier molecular flexibility index (Phi) is 4.94. The lowest BCUT2D eigenvalue weighted by atomic mass is 10.2. The molecule has 0 spiro atoms. The molecule has 3 rings (SSSR count). The standard InChI is InChI=1S/C18H18FN5O/c1-25-13-8-6-12(7-9-13)10-21-17-16(20)18(23-11-22-17)24-15-5-3-2-4-14(15)19/h2-9,11H,10,20H2,1H3,(H2,21,22,23,24). The monoisotopic (exact) mass is 339 g/mol. The van der Waals surface area contributed by atoms with Crippen LogP contribution in [-0.2, 0) is 6.54 Å². The van der Waals surface area contributed by atoms with Crippen LogP contribution >= 0.6 is 0 Å². The van der Waals surface area contributed by atoms with E-state index in [1.165, 1.54) is 12.4 Å². The second-order valence-corrected chi connectivity index (χ2v) is 5.29. The highest BCUT2D eigenvalue weighted by atomic mass is 19.1. The van der Waals surface area contributed by atoms with Gasteiger partial charge in [-0.05, 0) is 29.8 Å². The van der Waals surface area contributed by atoms with Gasteiger partial charge in [-0.3, -0.25) is 0 Å². The second kappa shape index (κ2) is 7.48. The number of para-hydroxylation sites is 1. The van der Waals surface area contributed by atoms with Gasteiger partial charge in [0.1, 0.15) is 23.6 Å². The number of hydrogen-bond acceptors (Lipinski definition) is 6. The lowest BCUT2D eigenvalue weighted by Crippen LogP contribution is -2.08. The average molecular weight is 339 g/mol. The summed E-state index contributed by atoms with van der Waals surface area (Å²) in [7, 11) is 1.62. The van der Waals surface area contributed by atoms with Crippen LogP contribution in [0.4, 0.5) is 27.4 Å². The van der Waals surface area contributed by atoms with Crippen LogP contribution in [0.3, 0.4) is 0 Å². The molecule has 0 aliphatic rings. The molecule has 0 fully saturated rings. The SMILES string of the molecule is COc1ccc(CNc2ncnc(Nc3ccccc3F)c2N)cc1. The van der Waals surface area contributed by atoms with E-state index in [0.29, 0.717) is 29.6 Å². The van der Waals surface area contributed by atoms with Crippen LogP contribution in [0.15, 0.2) is 54.9 Å². The predicted octanol–water partition coefficient (Wildman–Crippen LogP) is 3.56. The maximum Gasteiger partial charge on any atom is 0.159 e. The van der Waals surface area contributed by atoms with Gasteiger partial charge in [-0.15, -0.1) is 0 Å². The highest BCUT2D eigenvalue weighted by Gasteiger charge is 2.10. The predicted molar refractivity (Wildman–Crippen MR) is 96.4 cm³/mol. The van der Waals surface area contributed by atoms with Crippen LogP contribution in [-0.4, -0.2) is 17.1 Å². The first kappa shape index (κ1) is 16.5. The van der Waals surface area contributed by atoms with Gasteiger partial charge in [-0.2, -0.15) is 0 Å². The minimum atomic E-state index is -0.381. The number of aromatic nitrogens is 2. The van der Waals surface area contributed by atoms with Gasteiger partial charge in [0, 0.05) is 6.54 Å². The van der Waals surface area contributed by atoms with Gasteiger partial charge in [-0.25, -0.2) is 14.4 Å². The molecule has 1 heterocycles. The van der Waals surface area contributed by atoms with Crippen molar-refractivity contribution < 1.29 is 9.13 Å². The van der Waals surface area contributed by atoms with E-state index in [0.717, 1.165) is 11.3 Å². The van der Waals surface area contributed by atoms with E-state index >= 15 is 0 Å². The molecule has 25 heavy (non-hydrogen) atoms. The maximum atomic E-state index is 13.8. The van der Waals surface area contributed by atoms with E-state index < -0.39 is 0 Å². The number of hydrogen-bond donors (Lipinski definition) is 3. The van der Waals surface area contributed by atoms with Crippen LogP contribution in [0, 0.1) is 5.82 Å². The third kappa shape index (κ3) is 3.95. The molecule has 0 aliphatic heterocycles. The third-order valence-corrected chi connectivity index (χ3v) is 3.63. The lowest BCUT2D eigenvalue weighted by molar-refractivity contribution is 0.414. The molecule has 128 valence electrons. The van der Waals surface area contributed by atoms with E-state index in [2.05, 4.69) is 20.6 Å². The Morgan fingerprint density at radius 2 is 1.76 bits per heavy atom. The Morgan fingerprint density at radius 3 is 2.48 bits per heavy atom. The number of halogens is 1. The van der Waals surface area contributed by atoms with Crippen molar-refractivity contribution in [2.75, 3.05) is 23.5 Å². The van der Waals surface area contributed by atoms with Gasteiger partial charge in [0.15, 0.2) is 11.6 Å². The van der Waals surface area contributed by atoms with Gasteiger partial charge in [-0.1, -0.05) is 24.3 Å². The molecule has 1 aromatic heterocycles. The van der Waals surface area contributed by atoms with Crippen molar-refractivity contribution in [3.63, 3.8) is 0 Å². The smallest absolute Gasteiger partial charge is 0.159 e. The van der Waals surface area contributed by atoms with Gasteiger partial charge in [0.25, 0.3) is 0 Å². The van der Waals surface area contributed by atoms with E-state index in [4.69, 9.17) is 10.5 Å². The van der Waals surface area contributed by atoms with Crippen LogP contribution in [0.25, 0.3) is 0 Å². The van der Waals surface area contributed by atoms with Crippen molar-refractivity contribution in [3.05, 3.63) is 66.2 Å². The van der Waals surface area contributed by atoms with Gasteiger partial charge in [0.05, 0.1) is 12.8 Å². The molecular weight excluding hydrogens is 321 g/mol. The summed E-state index contributed by atoms with van der Waals surface area (Å²) in [6.07, 6.45) is 1.37. The molecule has 0 atom stereocenters. The summed E-state index contributed by atoms with van der Waals surface area (Å²) in [6, 6.07) is 14.0. The number of nitrogen functional groups attached to an aromatic ring is 1. The molecule has 4 N–H and O–H groups in total. The van der Waals surface area contributed by atoms with E-state index in [-0.39, 0.29) is 5.82 Å². The highest BCUT2D eigenvalue weighted by molar-refractivity contribution is 5.77. The number of nitrogens with zero attached hydrogens (tertiary/aromatic N) is 2. The molecule has 0 amide bonds. The molecule has 7 heteroatoms. The summed E-state index contributed by atoms with van der Waals surface area (Å²) in [5.74, 6) is 1.23. The van der Waals surface area contributed by atoms with Crippen LogP contribution in [0.5, 0.6) is 5.75 Å². The fraction of sp³-hybridized carbons (Fsp3) is 0.111. The molecule has 0 aliphatic carbocycles. The quantitative estimate of drug-likeness (QED) is 0.637. The zero-order valence-electron chi connectivity index (χ0n) is 13.7. The number of ether oxygens (including phenoxy) is 1. The number of nitrogens with one attached hydrogen (secondary N) is 2. The molecule has 0 saturated heterocycles. The normalized spacial score (nSPS) is 10.3. The van der Waals surface area contributed by atoms with E-state index in [1.54, 1.807) is 25.3 Å². The summed E-state index contributed by atoms with van der Waals surface area (Å²) in [6.45, 7) is 0.532. The molecule has 0 radical (unpaired) electrons. The highest BCUT2D eigenvalue weighted by Crippen LogP contribution is 2.27. The third-order valence-electron chi connectivity index (χ3n) is 3.63. The zero-order chi connectivity index (χ0) is 17.6. The Hall–Kier alpha value is -3.35. The number of methoxy groups -OCH3 is 1. The van der Waals surface area contributed by atoms with Crippen molar-refractivity contribution in [1.29, 1.82) is 0 Å². The van der Waals surface area contributed by atoms with Crippen LogP contribution in [0.2, 0.25) is 0 Å². The Balaban J connectivity index is 1.73. The van der Waals surface area contributed by atoms with E-state index in [1.807, 2.05) is 24.3 Å². The fourth-order valence-corrected chi connectivity index (χ4v) is 2.26. The Morgan fingerprint density at radius 1 is 1.04 bits per heavy atom. The Bertz CT molecular complexity index is 854. The van der Waals surface area contributed by atoms with E-state index in [9.17, 15) is 4.39 Å². The average Bonchev–Trinajstić information content (AvgIpc) is 2.64. The van der Waals surface area contributed by atoms with Crippen molar-refractivity contribution in [1.82, 2.24) is 9.97 Å². The molecular formula is C18H18FN5O. The topological polar surface area (TPSA) is 85.1 Å². The molecule has 0 saturated carbocycles. The first-order valence-electron chi connectivity index (χ1n) is 7.66. The summed E-state index contributed by atoms with van der Waals surface area (Å²) in [5.41, 5.74) is 7.76. The van der Waals surface area contributed by atoms with Crippen molar-refractivity contribution in [2.24, 2.45) is 0 Å². The molecule has 3 aromatic rings. The number of anilines is 4. The largest absolute Gasteiger partial charge is 0.497 e. The fourth-order valence-electron chi connectivity index (χ4n) is 2.26. The molecule has 2 aromatic carbocycles. The first-order valence-corrected chi connectivity index (χ1v) is 7.66. The minimum absolute atomic E-state index is 0.300. The maximum absolute atomic E-state index is 13.8. The summed E-state index contributed by atoms with van der Waals surface area (Å²) in [4.78, 5) is 8.23. The van der Waals surface area contributed by atoms with Crippen molar-refractivity contribution >= 4 is 23.0 Å². The summed E-state index contributed by atoms with van der Waals surface area (Å²) < 4.78 is 18.9. The van der Waals surface area contributed by atoms with Gasteiger partial charge < -0.3 is 21.1 Å². The summed E-state index contributed by atoms with van der Waals surface area (Å²) >= 11 is 0. The molecule has 0 bridgehead atoms. The van der Waals surface area contributed by atoms with Crippen molar-refractivity contribution in [3.8, 4) is 5.75 Å². The lowest BCUT2D eigenvalue weighted by Gasteiger charge is -2.13. The van der Waals surface area contributed by atoms with Gasteiger partial charge >= 0.3 is 0 Å².